The maximum atomic E-state index is 12.2. The van der Waals surface area contributed by atoms with E-state index in [1.165, 1.54) is 17.1 Å². The molecule has 0 radical (unpaired) electrons. The smallest absolute Gasteiger partial charge is 0.249 e. The molecule has 2 aromatic rings. The number of benzene rings is 1. The van der Waals surface area contributed by atoms with E-state index in [9.17, 15) is 9.59 Å². The summed E-state index contributed by atoms with van der Waals surface area (Å²) in [6.45, 7) is 0. The fraction of sp³-hybridized carbons (Fsp3) is 0.143. The molecule has 0 spiro atoms. The largest absolute Gasteiger partial charge is 0.331 e. The molecule has 1 aromatic carbocycles. The monoisotopic (exact) mass is 302 g/mol. The number of nitrogens with one attached hydrogen (secondary N) is 1. The average Bonchev–Trinajstić information content (AvgIpc) is 2.88. The van der Waals surface area contributed by atoms with Gasteiger partial charge in [-0.05, 0) is 24.3 Å². The standard InChI is InChI=1S/C14H11ClN4O2/c1-19-8-17-7-12(19)13(20)11(6-16)14(21)18-10-4-2-9(15)3-5-10/h2-5,7-8,11H,1H3,(H,18,21). The molecule has 1 aromatic heterocycles. The summed E-state index contributed by atoms with van der Waals surface area (Å²) >= 11 is 5.74. The van der Waals surface area contributed by atoms with Crippen molar-refractivity contribution in [3.05, 3.63) is 47.5 Å². The zero-order chi connectivity index (χ0) is 15.4. The molecule has 21 heavy (non-hydrogen) atoms. The molecule has 0 saturated heterocycles. The minimum atomic E-state index is -1.43. The normalized spacial score (nSPS) is 11.5. The number of hydrogen-bond donors (Lipinski definition) is 1. The van der Waals surface area contributed by atoms with E-state index in [2.05, 4.69) is 10.3 Å². The Labute approximate surface area is 126 Å². The molecular formula is C14H11ClN4O2. The number of anilines is 1. The van der Waals surface area contributed by atoms with Crippen LogP contribution in [0.15, 0.2) is 36.8 Å². The van der Waals surface area contributed by atoms with E-state index >= 15 is 0 Å². The number of Topliss-reactive ketones (excluding diaryl/α,β-unsaturated/α-hetero) is 1. The first-order chi connectivity index (χ1) is 10.0. The molecule has 1 atom stereocenters. The highest BCUT2D eigenvalue weighted by molar-refractivity contribution is 6.30. The number of carbonyl (C=O) groups excluding carboxylic acids is 2. The molecule has 0 aliphatic carbocycles. The first kappa shape index (κ1) is 14.8. The molecule has 0 aliphatic rings. The van der Waals surface area contributed by atoms with Crippen LogP contribution in [0.2, 0.25) is 5.02 Å². The lowest BCUT2D eigenvalue weighted by Crippen LogP contribution is -2.29. The second-order valence-electron chi connectivity index (χ2n) is 4.31. The average molecular weight is 303 g/mol. The molecule has 6 nitrogen and oxygen atoms in total. The highest BCUT2D eigenvalue weighted by atomic mass is 35.5. The Morgan fingerprint density at radius 1 is 1.38 bits per heavy atom. The Balaban J connectivity index is 2.16. The predicted octanol–water partition coefficient (Wildman–Crippen LogP) is 2.03. The van der Waals surface area contributed by atoms with E-state index in [1.54, 1.807) is 37.4 Å². The SMILES string of the molecule is Cn1cncc1C(=O)C(C#N)C(=O)Nc1ccc(Cl)cc1. The molecule has 1 amide bonds. The summed E-state index contributed by atoms with van der Waals surface area (Å²) in [7, 11) is 1.62. The first-order valence-corrected chi connectivity index (χ1v) is 6.37. The van der Waals surface area contributed by atoms with Gasteiger partial charge in [-0.2, -0.15) is 5.26 Å². The molecular weight excluding hydrogens is 292 g/mol. The number of aromatic nitrogens is 2. The molecule has 1 N–H and O–H groups in total. The Morgan fingerprint density at radius 2 is 2.05 bits per heavy atom. The Morgan fingerprint density at radius 3 is 2.57 bits per heavy atom. The number of hydrogen-bond acceptors (Lipinski definition) is 4. The number of carbonyl (C=O) groups is 2. The van der Waals surface area contributed by atoms with Crippen molar-refractivity contribution in [2.75, 3.05) is 5.32 Å². The zero-order valence-electron chi connectivity index (χ0n) is 11.1. The number of ketones is 1. The summed E-state index contributed by atoms with van der Waals surface area (Å²) in [6.07, 6.45) is 2.75. The van der Waals surface area contributed by atoms with E-state index in [4.69, 9.17) is 16.9 Å². The van der Waals surface area contributed by atoms with Crippen molar-refractivity contribution in [3.63, 3.8) is 0 Å². The predicted molar refractivity (Wildman–Crippen MR) is 76.7 cm³/mol. The maximum absolute atomic E-state index is 12.2. The highest BCUT2D eigenvalue weighted by Crippen LogP contribution is 2.15. The Bertz CT molecular complexity index is 715. The van der Waals surface area contributed by atoms with Gasteiger partial charge in [-0.1, -0.05) is 11.6 Å². The van der Waals surface area contributed by atoms with Crippen molar-refractivity contribution in [2.24, 2.45) is 13.0 Å². The van der Waals surface area contributed by atoms with Crippen LogP contribution in [0, 0.1) is 17.2 Å². The van der Waals surface area contributed by atoms with Crippen molar-refractivity contribution in [3.8, 4) is 6.07 Å². The van der Waals surface area contributed by atoms with Crippen LogP contribution in [0.4, 0.5) is 5.69 Å². The van der Waals surface area contributed by atoms with Crippen LogP contribution in [-0.2, 0) is 11.8 Å². The summed E-state index contributed by atoms with van der Waals surface area (Å²) in [6, 6.07) is 8.09. The van der Waals surface area contributed by atoms with Crippen LogP contribution in [0.1, 0.15) is 10.5 Å². The van der Waals surface area contributed by atoms with Gasteiger partial charge in [0, 0.05) is 17.8 Å². The number of imidazole rings is 1. The number of nitrogens with zero attached hydrogens (tertiary/aromatic N) is 3. The molecule has 7 heteroatoms. The number of amides is 1. The molecule has 2 rings (SSSR count). The van der Waals surface area contributed by atoms with Gasteiger partial charge in [-0.15, -0.1) is 0 Å². The minimum absolute atomic E-state index is 0.202. The van der Waals surface area contributed by atoms with E-state index in [-0.39, 0.29) is 5.69 Å². The van der Waals surface area contributed by atoms with Crippen LogP contribution < -0.4 is 5.32 Å². The number of nitriles is 1. The lowest BCUT2D eigenvalue weighted by Gasteiger charge is -2.09. The van der Waals surface area contributed by atoms with Crippen molar-refractivity contribution in [1.29, 1.82) is 5.26 Å². The second-order valence-corrected chi connectivity index (χ2v) is 4.75. The Hall–Kier alpha value is -2.65. The van der Waals surface area contributed by atoms with Gasteiger partial charge in [0.1, 0.15) is 5.69 Å². The summed E-state index contributed by atoms with van der Waals surface area (Å²) < 4.78 is 1.46. The van der Waals surface area contributed by atoms with Gasteiger partial charge in [-0.3, -0.25) is 9.59 Å². The lowest BCUT2D eigenvalue weighted by molar-refractivity contribution is -0.117. The molecule has 0 saturated carbocycles. The van der Waals surface area contributed by atoms with E-state index in [0.717, 1.165) is 0 Å². The number of rotatable bonds is 4. The van der Waals surface area contributed by atoms with E-state index in [0.29, 0.717) is 10.7 Å². The van der Waals surface area contributed by atoms with Crippen LogP contribution in [-0.4, -0.2) is 21.2 Å². The molecule has 0 bridgehead atoms. The zero-order valence-corrected chi connectivity index (χ0v) is 11.8. The van der Waals surface area contributed by atoms with Crippen LogP contribution in [0.25, 0.3) is 0 Å². The maximum Gasteiger partial charge on any atom is 0.249 e. The quantitative estimate of drug-likeness (QED) is 0.691. The lowest BCUT2D eigenvalue weighted by atomic mass is 10.0. The fourth-order valence-corrected chi connectivity index (χ4v) is 1.85. The van der Waals surface area contributed by atoms with Crippen molar-refractivity contribution >= 4 is 29.0 Å². The van der Waals surface area contributed by atoms with Gasteiger partial charge in [0.2, 0.25) is 11.7 Å². The molecule has 1 heterocycles. The summed E-state index contributed by atoms with van der Waals surface area (Å²) in [5.74, 6) is -2.72. The third-order valence-corrected chi connectivity index (χ3v) is 3.09. The summed E-state index contributed by atoms with van der Waals surface area (Å²) in [5.41, 5.74) is 0.662. The van der Waals surface area contributed by atoms with E-state index < -0.39 is 17.6 Å². The number of halogens is 1. The van der Waals surface area contributed by atoms with Crippen molar-refractivity contribution in [2.45, 2.75) is 0 Å². The van der Waals surface area contributed by atoms with Crippen molar-refractivity contribution in [1.82, 2.24) is 9.55 Å². The third kappa shape index (κ3) is 3.27. The van der Waals surface area contributed by atoms with E-state index in [1.807, 2.05) is 0 Å². The molecule has 106 valence electrons. The van der Waals surface area contributed by atoms with Gasteiger partial charge >= 0.3 is 0 Å². The third-order valence-electron chi connectivity index (χ3n) is 2.83. The number of aryl methyl sites for hydroxylation is 1. The second kappa shape index (κ2) is 6.20. The van der Waals surface area contributed by atoms with Crippen LogP contribution >= 0.6 is 11.6 Å². The fourth-order valence-electron chi connectivity index (χ4n) is 1.73. The van der Waals surface area contributed by atoms with Crippen LogP contribution in [0.5, 0.6) is 0 Å². The summed E-state index contributed by atoms with van der Waals surface area (Å²) in [4.78, 5) is 28.0. The van der Waals surface area contributed by atoms with Gasteiger partial charge in [0.25, 0.3) is 0 Å². The van der Waals surface area contributed by atoms with Crippen molar-refractivity contribution < 1.29 is 9.59 Å². The van der Waals surface area contributed by atoms with Gasteiger partial charge < -0.3 is 9.88 Å². The van der Waals surface area contributed by atoms with Gasteiger partial charge in [-0.25, -0.2) is 4.98 Å². The minimum Gasteiger partial charge on any atom is -0.331 e. The molecule has 0 fully saturated rings. The highest BCUT2D eigenvalue weighted by Gasteiger charge is 2.29. The Kier molecular flexibility index (Phi) is 4.36. The van der Waals surface area contributed by atoms with Gasteiger partial charge in [0.15, 0.2) is 5.92 Å². The topological polar surface area (TPSA) is 87.8 Å². The first-order valence-electron chi connectivity index (χ1n) is 5.99. The molecule has 0 aliphatic heterocycles. The van der Waals surface area contributed by atoms with Crippen LogP contribution in [0.3, 0.4) is 0 Å². The van der Waals surface area contributed by atoms with Gasteiger partial charge in [0.05, 0.1) is 18.6 Å². The summed E-state index contributed by atoms with van der Waals surface area (Å²) in [5, 5.41) is 12.1. The molecule has 1 unspecified atom stereocenters.